The third kappa shape index (κ3) is 3.89. The number of para-hydroxylation sites is 1. The van der Waals surface area contributed by atoms with E-state index in [-0.39, 0.29) is 11.9 Å². The molecule has 0 spiro atoms. The van der Waals surface area contributed by atoms with Crippen LogP contribution in [-0.2, 0) is 4.79 Å². The van der Waals surface area contributed by atoms with Crippen molar-refractivity contribution in [3.05, 3.63) is 90.3 Å². The molecule has 3 nitrogen and oxygen atoms in total. The lowest BCUT2D eigenvalue weighted by molar-refractivity contribution is -0.116. The summed E-state index contributed by atoms with van der Waals surface area (Å²) in [6, 6.07) is 21.9. The lowest BCUT2D eigenvalue weighted by atomic mass is 10.0. The summed E-state index contributed by atoms with van der Waals surface area (Å²) in [6.45, 7) is 2.07. The van der Waals surface area contributed by atoms with Gasteiger partial charge >= 0.3 is 0 Å². The first-order chi connectivity index (χ1) is 11.2. The van der Waals surface area contributed by atoms with Crippen LogP contribution in [0.4, 0.5) is 5.69 Å². The zero-order valence-corrected chi connectivity index (χ0v) is 13.1. The maximum atomic E-state index is 12.5. The number of aryl methyl sites for hydroxylation is 1. The quantitative estimate of drug-likeness (QED) is 0.744. The molecule has 0 aliphatic rings. The summed E-state index contributed by atoms with van der Waals surface area (Å²) in [5, 5.41) is 2.97. The van der Waals surface area contributed by atoms with Crippen molar-refractivity contribution in [2.75, 3.05) is 5.32 Å². The summed E-state index contributed by atoms with van der Waals surface area (Å²) in [5.41, 5.74) is 3.17. The molecule has 0 fully saturated rings. The number of nitrogens with zero attached hydrogens (tertiary/aromatic N) is 1. The van der Waals surface area contributed by atoms with Crippen LogP contribution in [0, 0.1) is 6.92 Å². The van der Waals surface area contributed by atoms with Gasteiger partial charge in [0.15, 0.2) is 0 Å². The molecule has 0 radical (unpaired) electrons. The Balaban J connectivity index is 1.81. The lowest BCUT2D eigenvalue weighted by Gasteiger charge is -2.20. The van der Waals surface area contributed by atoms with Crippen molar-refractivity contribution < 1.29 is 4.79 Å². The summed E-state index contributed by atoms with van der Waals surface area (Å²) in [6.07, 6.45) is 4.40. The van der Waals surface area contributed by atoms with E-state index in [9.17, 15) is 4.79 Å². The molecule has 0 bridgehead atoms. The van der Waals surface area contributed by atoms with Crippen LogP contribution < -0.4 is 5.32 Å². The van der Waals surface area contributed by atoms with Gasteiger partial charge in [0.1, 0.15) is 0 Å². The van der Waals surface area contributed by atoms with Gasteiger partial charge < -0.3 is 9.88 Å². The smallest absolute Gasteiger partial charge is 0.226 e. The third-order valence-corrected chi connectivity index (χ3v) is 3.85. The summed E-state index contributed by atoms with van der Waals surface area (Å²) in [4.78, 5) is 12.5. The van der Waals surface area contributed by atoms with Crippen LogP contribution in [0.1, 0.15) is 23.6 Å². The average molecular weight is 304 g/mol. The van der Waals surface area contributed by atoms with E-state index in [2.05, 4.69) is 35.0 Å². The highest BCUT2D eigenvalue weighted by Gasteiger charge is 2.17. The van der Waals surface area contributed by atoms with Gasteiger partial charge in [-0.05, 0) is 36.8 Å². The van der Waals surface area contributed by atoms with E-state index >= 15 is 0 Å². The molecule has 3 rings (SSSR count). The van der Waals surface area contributed by atoms with E-state index in [1.165, 1.54) is 5.56 Å². The van der Waals surface area contributed by atoms with Gasteiger partial charge in [0, 0.05) is 18.1 Å². The zero-order valence-electron chi connectivity index (χ0n) is 13.1. The Morgan fingerprint density at radius 1 is 1.00 bits per heavy atom. The van der Waals surface area contributed by atoms with Gasteiger partial charge in [-0.1, -0.05) is 48.0 Å². The molecular formula is C20H20N2O. The summed E-state index contributed by atoms with van der Waals surface area (Å²) in [5.74, 6) is 0.0106. The molecule has 1 N–H and O–H groups in total. The second-order valence-electron chi connectivity index (χ2n) is 5.68. The molecule has 0 saturated carbocycles. The van der Waals surface area contributed by atoms with Crippen molar-refractivity contribution in [3.63, 3.8) is 0 Å². The summed E-state index contributed by atoms with van der Waals surface area (Å²) < 4.78 is 2.08. The molecule has 1 atom stereocenters. The summed E-state index contributed by atoms with van der Waals surface area (Å²) >= 11 is 0. The Morgan fingerprint density at radius 3 is 2.43 bits per heavy atom. The van der Waals surface area contributed by atoms with E-state index in [1.807, 2.05) is 60.9 Å². The Kier molecular flexibility index (Phi) is 4.57. The van der Waals surface area contributed by atoms with Crippen LogP contribution in [0.15, 0.2) is 79.1 Å². The number of carbonyl (C=O) groups excluding carboxylic acids is 1. The molecule has 116 valence electrons. The molecule has 1 aromatic heterocycles. The van der Waals surface area contributed by atoms with Crippen molar-refractivity contribution in [2.45, 2.75) is 19.4 Å². The van der Waals surface area contributed by atoms with Crippen molar-refractivity contribution in [1.82, 2.24) is 4.57 Å². The van der Waals surface area contributed by atoms with Gasteiger partial charge in [-0.15, -0.1) is 0 Å². The van der Waals surface area contributed by atoms with E-state index < -0.39 is 0 Å². The number of aromatic nitrogens is 1. The molecule has 1 heterocycles. The largest absolute Gasteiger partial charge is 0.346 e. The fraction of sp³-hybridized carbons (Fsp3) is 0.150. The maximum Gasteiger partial charge on any atom is 0.226 e. The highest BCUT2D eigenvalue weighted by atomic mass is 16.1. The fourth-order valence-electron chi connectivity index (χ4n) is 2.74. The minimum absolute atomic E-state index is 0.00591. The van der Waals surface area contributed by atoms with Crippen LogP contribution in [0.3, 0.4) is 0 Å². The van der Waals surface area contributed by atoms with E-state index in [1.54, 1.807) is 0 Å². The van der Waals surface area contributed by atoms with Crippen LogP contribution >= 0.6 is 0 Å². The second-order valence-corrected chi connectivity index (χ2v) is 5.68. The van der Waals surface area contributed by atoms with Crippen LogP contribution in [0.25, 0.3) is 0 Å². The molecule has 3 heteroatoms. The van der Waals surface area contributed by atoms with Gasteiger partial charge in [-0.2, -0.15) is 0 Å². The first-order valence-electron chi connectivity index (χ1n) is 7.76. The topological polar surface area (TPSA) is 34.0 Å². The van der Waals surface area contributed by atoms with E-state index in [0.717, 1.165) is 11.3 Å². The van der Waals surface area contributed by atoms with Gasteiger partial charge in [-0.3, -0.25) is 4.79 Å². The molecule has 0 saturated heterocycles. The number of carbonyl (C=O) groups is 1. The van der Waals surface area contributed by atoms with E-state index in [4.69, 9.17) is 0 Å². The number of amides is 1. The number of hydrogen-bond donors (Lipinski definition) is 1. The lowest BCUT2D eigenvalue weighted by Crippen LogP contribution is -2.19. The standard InChI is InChI=1S/C20H20N2O/c1-16-8-7-9-17(14-16)19(22-12-5-6-13-22)15-20(23)21-18-10-3-2-4-11-18/h2-14,19H,15H2,1H3,(H,21,23). The minimum atomic E-state index is -0.00591. The first kappa shape index (κ1) is 15.1. The third-order valence-electron chi connectivity index (χ3n) is 3.85. The summed E-state index contributed by atoms with van der Waals surface area (Å²) in [7, 11) is 0. The van der Waals surface area contributed by atoms with Gasteiger partial charge in [-0.25, -0.2) is 0 Å². The van der Waals surface area contributed by atoms with Crippen LogP contribution in [0.2, 0.25) is 0 Å². The molecule has 23 heavy (non-hydrogen) atoms. The average Bonchev–Trinajstić information content (AvgIpc) is 3.08. The number of nitrogens with one attached hydrogen (secondary N) is 1. The Hall–Kier alpha value is -2.81. The molecule has 1 unspecified atom stereocenters. The van der Waals surface area contributed by atoms with Crippen molar-refractivity contribution in [2.24, 2.45) is 0 Å². The highest BCUT2D eigenvalue weighted by molar-refractivity contribution is 5.91. The van der Waals surface area contributed by atoms with Gasteiger partial charge in [0.2, 0.25) is 5.91 Å². The minimum Gasteiger partial charge on any atom is -0.346 e. The van der Waals surface area contributed by atoms with Crippen LogP contribution in [-0.4, -0.2) is 10.5 Å². The number of benzene rings is 2. The second kappa shape index (κ2) is 6.97. The normalized spacial score (nSPS) is 11.9. The Labute approximate surface area is 136 Å². The van der Waals surface area contributed by atoms with Gasteiger partial charge in [0.05, 0.1) is 12.5 Å². The van der Waals surface area contributed by atoms with Crippen molar-refractivity contribution in [3.8, 4) is 0 Å². The monoisotopic (exact) mass is 304 g/mol. The molecular weight excluding hydrogens is 284 g/mol. The zero-order chi connectivity index (χ0) is 16.1. The van der Waals surface area contributed by atoms with Crippen molar-refractivity contribution >= 4 is 11.6 Å². The number of anilines is 1. The SMILES string of the molecule is Cc1cccc(C(CC(=O)Nc2ccccc2)n2cccc2)c1. The van der Waals surface area contributed by atoms with Gasteiger partial charge in [0.25, 0.3) is 0 Å². The van der Waals surface area contributed by atoms with Crippen molar-refractivity contribution in [1.29, 1.82) is 0 Å². The molecule has 2 aromatic carbocycles. The predicted molar refractivity (Wildman–Crippen MR) is 93.4 cm³/mol. The highest BCUT2D eigenvalue weighted by Crippen LogP contribution is 2.24. The first-order valence-corrected chi connectivity index (χ1v) is 7.76. The molecule has 0 aliphatic heterocycles. The Morgan fingerprint density at radius 2 is 1.74 bits per heavy atom. The molecule has 3 aromatic rings. The Bertz CT molecular complexity index is 763. The van der Waals surface area contributed by atoms with E-state index in [0.29, 0.717) is 6.42 Å². The molecule has 1 amide bonds. The predicted octanol–water partition coefficient (Wildman–Crippen LogP) is 4.41. The van der Waals surface area contributed by atoms with Crippen LogP contribution in [0.5, 0.6) is 0 Å². The fourth-order valence-corrected chi connectivity index (χ4v) is 2.74. The maximum absolute atomic E-state index is 12.5. The number of hydrogen-bond acceptors (Lipinski definition) is 1. The number of rotatable bonds is 5. The molecule has 0 aliphatic carbocycles.